The van der Waals surface area contributed by atoms with Crippen LogP contribution in [0.4, 0.5) is 13.2 Å². The number of para-hydroxylation sites is 1. The number of carboxylic acid groups (broad SMARTS) is 1. The Labute approximate surface area is 149 Å². The van der Waals surface area contributed by atoms with Crippen LogP contribution >= 0.6 is 0 Å². The van der Waals surface area contributed by atoms with Crippen molar-refractivity contribution in [3.05, 3.63) is 35.6 Å². The lowest BCUT2D eigenvalue weighted by Crippen LogP contribution is -2.33. The number of furan rings is 1. The number of alkyl halides is 3. The van der Waals surface area contributed by atoms with Crippen molar-refractivity contribution in [2.75, 3.05) is 13.1 Å². The van der Waals surface area contributed by atoms with Gasteiger partial charge in [0.25, 0.3) is 0 Å². The normalized spacial score (nSPS) is 21.5. The number of nitrogens with zero attached hydrogens (tertiary/aromatic N) is 1. The van der Waals surface area contributed by atoms with Gasteiger partial charge in [0, 0.05) is 37.0 Å². The number of hydrogen-bond acceptors (Lipinski definition) is 3. The fourth-order valence-corrected chi connectivity index (χ4v) is 3.68. The number of fused-ring (bicyclic) bond motifs is 1. The van der Waals surface area contributed by atoms with Crippen molar-refractivity contribution in [2.45, 2.75) is 38.9 Å². The molecule has 1 aromatic carbocycles. The van der Waals surface area contributed by atoms with E-state index < -0.39 is 24.0 Å². The van der Waals surface area contributed by atoms with Crippen LogP contribution in [0.5, 0.6) is 0 Å². The lowest BCUT2D eigenvalue weighted by molar-refractivity contribution is -0.188. The molecule has 0 amide bonds. The Kier molecular flexibility index (Phi) is 5.27. The van der Waals surface area contributed by atoms with Crippen molar-refractivity contribution in [1.29, 1.82) is 0 Å². The number of benzene rings is 1. The summed E-state index contributed by atoms with van der Waals surface area (Å²) in [5.74, 6) is -3.86. The molecule has 2 aromatic rings. The number of rotatable bonds is 6. The van der Waals surface area contributed by atoms with Gasteiger partial charge in [-0.05, 0) is 12.5 Å². The molecule has 0 unspecified atom stereocenters. The molecule has 0 saturated carbocycles. The molecule has 1 aliphatic heterocycles. The van der Waals surface area contributed by atoms with E-state index >= 15 is 0 Å². The quantitative estimate of drug-likeness (QED) is 0.816. The summed E-state index contributed by atoms with van der Waals surface area (Å²) in [5, 5.41) is 10.1. The first kappa shape index (κ1) is 18.8. The smallest absolute Gasteiger partial charge is 0.393 e. The summed E-state index contributed by atoms with van der Waals surface area (Å²) in [6.45, 7) is 1.93. The van der Waals surface area contributed by atoms with Gasteiger partial charge < -0.3 is 9.52 Å². The number of carbonyl (C=O) groups is 1. The molecule has 26 heavy (non-hydrogen) atoms. The zero-order chi connectivity index (χ0) is 18.9. The lowest BCUT2D eigenvalue weighted by atomic mass is 9.96. The van der Waals surface area contributed by atoms with Crippen LogP contribution in [0.2, 0.25) is 0 Å². The van der Waals surface area contributed by atoms with Gasteiger partial charge in [-0.15, -0.1) is 0 Å². The maximum absolute atomic E-state index is 13.2. The van der Waals surface area contributed by atoms with Crippen LogP contribution in [0.25, 0.3) is 11.0 Å². The Morgan fingerprint density at radius 1 is 1.31 bits per heavy atom. The molecule has 0 bridgehead atoms. The van der Waals surface area contributed by atoms with E-state index in [0.717, 1.165) is 41.6 Å². The third-order valence-electron chi connectivity index (χ3n) is 5.05. The molecule has 2 heterocycles. The lowest BCUT2D eigenvalue weighted by Gasteiger charge is -2.18. The summed E-state index contributed by atoms with van der Waals surface area (Å²) in [4.78, 5) is 12.9. The molecule has 7 heteroatoms. The molecule has 0 aliphatic carbocycles. The molecule has 4 nitrogen and oxygen atoms in total. The minimum absolute atomic E-state index is 0.105. The molecule has 142 valence electrons. The first-order valence-corrected chi connectivity index (χ1v) is 8.82. The minimum atomic E-state index is -4.51. The summed E-state index contributed by atoms with van der Waals surface area (Å²) in [7, 11) is 0. The zero-order valence-electron chi connectivity index (χ0n) is 14.6. The van der Waals surface area contributed by atoms with Gasteiger partial charge in [-0.1, -0.05) is 31.5 Å². The maximum atomic E-state index is 13.2. The van der Waals surface area contributed by atoms with Crippen LogP contribution in [0.15, 0.2) is 28.7 Å². The van der Waals surface area contributed by atoms with Crippen molar-refractivity contribution in [3.63, 3.8) is 0 Å². The topological polar surface area (TPSA) is 53.7 Å². The predicted molar refractivity (Wildman–Crippen MR) is 90.8 cm³/mol. The number of carboxylic acids is 1. The molecule has 0 radical (unpaired) electrons. The SMILES string of the molecule is CCCCc1oc2ccccc2c1CN1C[C@@H](C(F)(F)F)[C@H](C(=O)O)C1. The predicted octanol–water partition coefficient (Wildman–Crippen LogP) is 4.47. The molecule has 1 N–H and O–H groups in total. The molecule has 0 spiro atoms. The summed E-state index contributed by atoms with van der Waals surface area (Å²) in [5.41, 5.74) is 1.59. The number of aliphatic carboxylic acids is 1. The third kappa shape index (κ3) is 3.72. The molecule has 1 saturated heterocycles. The van der Waals surface area contributed by atoms with Gasteiger partial charge in [0.1, 0.15) is 11.3 Å². The Morgan fingerprint density at radius 3 is 2.65 bits per heavy atom. The summed E-state index contributed by atoms with van der Waals surface area (Å²) in [6, 6.07) is 7.47. The second kappa shape index (κ2) is 7.31. The molecule has 2 atom stereocenters. The summed E-state index contributed by atoms with van der Waals surface area (Å²) in [6.07, 6.45) is -1.88. The Balaban J connectivity index is 1.87. The van der Waals surface area contributed by atoms with Crippen LogP contribution in [-0.2, 0) is 17.8 Å². The van der Waals surface area contributed by atoms with Crippen molar-refractivity contribution < 1.29 is 27.5 Å². The number of unbranched alkanes of at least 4 members (excludes halogenated alkanes) is 1. The van der Waals surface area contributed by atoms with Crippen molar-refractivity contribution in [3.8, 4) is 0 Å². The highest BCUT2D eigenvalue weighted by atomic mass is 19.4. The highest BCUT2D eigenvalue weighted by Gasteiger charge is 2.52. The number of likely N-dealkylation sites (tertiary alicyclic amines) is 1. The van der Waals surface area contributed by atoms with Gasteiger partial charge in [0.05, 0.1) is 11.8 Å². The molecule has 1 aliphatic rings. The fourth-order valence-electron chi connectivity index (χ4n) is 3.68. The second-order valence-corrected chi connectivity index (χ2v) is 6.89. The fraction of sp³-hybridized carbons (Fsp3) is 0.526. The average molecular weight is 369 g/mol. The Morgan fingerprint density at radius 2 is 2.04 bits per heavy atom. The maximum Gasteiger partial charge on any atom is 0.393 e. The first-order valence-electron chi connectivity index (χ1n) is 8.82. The van der Waals surface area contributed by atoms with E-state index in [9.17, 15) is 23.1 Å². The van der Waals surface area contributed by atoms with Crippen molar-refractivity contribution in [2.24, 2.45) is 11.8 Å². The van der Waals surface area contributed by atoms with Crippen LogP contribution in [0, 0.1) is 11.8 Å². The number of hydrogen-bond donors (Lipinski definition) is 1. The van der Waals surface area contributed by atoms with Gasteiger partial charge in [-0.25, -0.2) is 0 Å². The standard InChI is InChI=1S/C19H22F3NO3/c1-2-3-7-17-13(12-6-4-5-8-16(12)26-17)9-23-10-14(18(24)25)15(11-23)19(20,21)22/h4-6,8,14-15H,2-3,7,9-11H2,1H3,(H,24,25)/t14-,15-/m1/s1. The minimum Gasteiger partial charge on any atom is -0.481 e. The average Bonchev–Trinajstić information content (AvgIpc) is 3.15. The third-order valence-corrected chi connectivity index (χ3v) is 5.05. The van der Waals surface area contributed by atoms with E-state index in [0.29, 0.717) is 0 Å². The van der Waals surface area contributed by atoms with E-state index in [2.05, 4.69) is 6.92 Å². The van der Waals surface area contributed by atoms with Crippen LogP contribution in [0.3, 0.4) is 0 Å². The highest BCUT2D eigenvalue weighted by molar-refractivity contribution is 5.82. The van der Waals surface area contributed by atoms with Gasteiger partial charge >= 0.3 is 12.1 Å². The number of halogens is 3. The molecule has 1 fully saturated rings. The van der Waals surface area contributed by atoms with E-state index in [1.807, 2.05) is 24.3 Å². The summed E-state index contributed by atoms with van der Waals surface area (Å²) >= 11 is 0. The second-order valence-electron chi connectivity index (χ2n) is 6.89. The first-order chi connectivity index (χ1) is 12.3. The van der Waals surface area contributed by atoms with E-state index in [1.54, 1.807) is 4.90 Å². The largest absolute Gasteiger partial charge is 0.481 e. The van der Waals surface area contributed by atoms with Gasteiger partial charge in [0.15, 0.2) is 0 Å². The van der Waals surface area contributed by atoms with E-state index in [1.165, 1.54) is 0 Å². The van der Waals surface area contributed by atoms with Crippen LogP contribution in [0.1, 0.15) is 31.1 Å². The monoisotopic (exact) mass is 369 g/mol. The summed E-state index contributed by atoms with van der Waals surface area (Å²) < 4.78 is 45.6. The molecule has 3 rings (SSSR count). The molecular weight excluding hydrogens is 347 g/mol. The van der Waals surface area contributed by atoms with Crippen molar-refractivity contribution in [1.82, 2.24) is 4.90 Å². The van der Waals surface area contributed by atoms with E-state index in [4.69, 9.17) is 4.42 Å². The Hall–Kier alpha value is -2.02. The van der Waals surface area contributed by atoms with Crippen LogP contribution < -0.4 is 0 Å². The van der Waals surface area contributed by atoms with E-state index in [-0.39, 0.29) is 19.6 Å². The zero-order valence-corrected chi connectivity index (χ0v) is 14.6. The van der Waals surface area contributed by atoms with Crippen LogP contribution in [-0.4, -0.2) is 35.2 Å². The van der Waals surface area contributed by atoms with Gasteiger partial charge in [-0.2, -0.15) is 13.2 Å². The van der Waals surface area contributed by atoms with Gasteiger partial charge in [-0.3, -0.25) is 9.69 Å². The van der Waals surface area contributed by atoms with Crippen molar-refractivity contribution >= 4 is 16.9 Å². The number of aryl methyl sites for hydroxylation is 1. The highest BCUT2D eigenvalue weighted by Crippen LogP contribution is 2.39. The molecule has 1 aromatic heterocycles. The Bertz CT molecular complexity index is 784. The molecular formula is C19H22F3NO3. The van der Waals surface area contributed by atoms with Gasteiger partial charge in [0.2, 0.25) is 0 Å².